The molecule has 0 aliphatic heterocycles. The fourth-order valence-corrected chi connectivity index (χ4v) is 1.54. The van der Waals surface area contributed by atoms with Crippen LogP contribution < -0.4 is 20.7 Å². The largest absolute Gasteiger partial charge is 0.508 e. The van der Waals surface area contributed by atoms with Crippen molar-refractivity contribution in [2.45, 2.75) is 19.2 Å². The van der Waals surface area contributed by atoms with E-state index in [9.17, 15) is 9.90 Å². The van der Waals surface area contributed by atoms with Crippen LogP contribution in [-0.4, -0.2) is 55.5 Å². The number of hydrogen-bond acceptors (Lipinski definition) is 6. The standard InChI is InChI=1S/C14H23N3O5/c1-10(17-14(20)16-9-21-2)15-7-12(19)8-22-13-5-3-11(18)4-6-13/h3-6,10,12,15,18-19H,7-9H2,1-2H3,(H2,16,17,20). The van der Waals surface area contributed by atoms with E-state index < -0.39 is 6.10 Å². The van der Waals surface area contributed by atoms with Crippen molar-refractivity contribution in [1.82, 2.24) is 16.0 Å². The molecule has 0 bridgehead atoms. The second-order valence-electron chi connectivity index (χ2n) is 4.67. The predicted molar refractivity (Wildman–Crippen MR) is 80.6 cm³/mol. The van der Waals surface area contributed by atoms with Crippen molar-refractivity contribution in [2.75, 3.05) is 27.0 Å². The summed E-state index contributed by atoms with van der Waals surface area (Å²) in [5.74, 6) is 0.711. The molecule has 0 aliphatic carbocycles. The zero-order valence-corrected chi connectivity index (χ0v) is 12.7. The molecule has 2 atom stereocenters. The van der Waals surface area contributed by atoms with Gasteiger partial charge in [0.05, 0.1) is 6.17 Å². The Morgan fingerprint density at radius 3 is 2.64 bits per heavy atom. The summed E-state index contributed by atoms with van der Waals surface area (Å²) >= 11 is 0. The number of carbonyl (C=O) groups excluding carboxylic acids is 1. The number of benzene rings is 1. The molecule has 0 saturated carbocycles. The van der Waals surface area contributed by atoms with E-state index in [-0.39, 0.29) is 37.8 Å². The van der Waals surface area contributed by atoms with Crippen molar-refractivity contribution in [3.63, 3.8) is 0 Å². The number of phenols is 1. The first-order valence-corrected chi connectivity index (χ1v) is 6.88. The maximum atomic E-state index is 11.3. The van der Waals surface area contributed by atoms with Gasteiger partial charge in [-0.1, -0.05) is 0 Å². The number of aliphatic hydroxyl groups excluding tert-OH is 1. The van der Waals surface area contributed by atoms with Crippen molar-refractivity contribution in [2.24, 2.45) is 0 Å². The van der Waals surface area contributed by atoms with E-state index in [0.717, 1.165) is 0 Å². The Bertz CT molecular complexity index is 441. The quantitative estimate of drug-likeness (QED) is 0.409. The van der Waals surface area contributed by atoms with Gasteiger partial charge in [0.15, 0.2) is 0 Å². The van der Waals surface area contributed by atoms with Crippen LogP contribution in [-0.2, 0) is 4.74 Å². The highest BCUT2D eigenvalue weighted by atomic mass is 16.5. The summed E-state index contributed by atoms with van der Waals surface area (Å²) in [7, 11) is 1.48. The first-order valence-electron chi connectivity index (χ1n) is 6.88. The number of aromatic hydroxyl groups is 1. The van der Waals surface area contributed by atoms with Gasteiger partial charge in [-0.25, -0.2) is 4.79 Å². The topological polar surface area (TPSA) is 112 Å². The summed E-state index contributed by atoms with van der Waals surface area (Å²) in [4.78, 5) is 11.3. The molecular formula is C14H23N3O5. The van der Waals surface area contributed by atoms with Crippen molar-refractivity contribution in [3.05, 3.63) is 24.3 Å². The van der Waals surface area contributed by atoms with Gasteiger partial charge in [0.25, 0.3) is 0 Å². The Morgan fingerprint density at radius 1 is 1.32 bits per heavy atom. The smallest absolute Gasteiger partial charge is 0.317 e. The van der Waals surface area contributed by atoms with E-state index in [4.69, 9.17) is 14.6 Å². The van der Waals surface area contributed by atoms with Gasteiger partial charge in [-0.2, -0.15) is 0 Å². The summed E-state index contributed by atoms with van der Waals surface area (Å²) in [5.41, 5.74) is 0. The highest BCUT2D eigenvalue weighted by Gasteiger charge is 2.10. The third-order valence-electron chi connectivity index (χ3n) is 2.66. The molecule has 0 fully saturated rings. The Morgan fingerprint density at radius 2 is 2.00 bits per heavy atom. The number of rotatable bonds is 9. The highest BCUT2D eigenvalue weighted by Crippen LogP contribution is 2.15. The summed E-state index contributed by atoms with van der Waals surface area (Å²) in [6, 6.07) is 5.87. The van der Waals surface area contributed by atoms with Crippen LogP contribution >= 0.6 is 0 Å². The number of aliphatic hydroxyl groups is 1. The number of carbonyl (C=O) groups is 1. The number of phenolic OH excluding ortho intramolecular Hbond substituents is 1. The third-order valence-corrected chi connectivity index (χ3v) is 2.66. The SMILES string of the molecule is COCNC(=O)NC(C)NCC(O)COc1ccc(O)cc1. The Kier molecular flexibility index (Phi) is 8.05. The molecule has 2 amide bonds. The van der Waals surface area contributed by atoms with Gasteiger partial charge >= 0.3 is 6.03 Å². The summed E-state index contributed by atoms with van der Waals surface area (Å²) < 4.78 is 10.1. The number of urea groups is 1. The van der Waals surface area contributed by atoms with Crippen molar-refractivity contribution in [3.8, 4) is 11.5 Å². The molecule has 124 valence electrons. The maximum absolute atomic E-state index is 11.3. The molecule has 0 saturated heterocycles. The molecule has 0 spiro atoms. The first-order chi connectivity index (χ1) is 10.5. The molecule has 8 heteroatoms. The first kappa shape index (κ1) is 18.0. The molecule has 1 aromatic carbocycles. The van der Waals surface area contributed by atoms with Crippen LogP contribution in [0.4, 0.5) is 4.79 Å². The van der Waals surface area contributed by atoms with Gasteiger partial charge in [0.2, 0.25) is 0 Å². The Balaban J connectivity index is 2.17. The number of amides is 2. The lowest BCUT2D eigenvalue weighted by molar-refractivity contribution is 0.103. The van der Waals surface area contributed by atoms with Crippen LogP contribution in [0, 0.1) is 0 Å². The van der Waals surface area contributed by atoms with Crippen LogP contribution in [0.2, 0.25) is 0 Å². The molecule has 1 aromatic rings. The van der Waals surface area contributed by atoms with E-state index in [1.165, 1.54) is 19.2 Å². The van der Waals surface area contributed by atoms with Gasteiger partial charge < -0.3 is 30.3 Å². The van der Waals surface area contributed by atoms with Crippen molar-refractivity contribution < 1.29 is 24.5 Å². The normalized spacial score (nSPS) is 13.2. The number of methoxy groups -OCH3 is 1. The van der Waals surface area contributed by atoms with E-state index in [2.05, 4.69) is 16.0 Å². The van der Waals surface area contributed by atoms with Crippen molar-refractivity contribution >= 4 is 6.03 Å². The molecule has 2 unspecified atom stereocenters. The lowest BCUT2D eigenvalue weighted by Gasteiger charge is -2.19. The third kappa shape index (κ3) is 7.67. The van der Waals surface area contributed by atoms with E-state index >= 15 is 0 Å². The predicted octanol–water partition coefficient (Wildman–Crippen LogP) is -0.0294. The molecule has 0 heterocycles. The van der Waals surface area contributed by atoms with Gasteiger partial charge in [-0.15, -0.1) is 0 Å². The van der Waals surface area contributed by atoms with E-state index in [1.54, 1.807) is 19.1 Å². The second-order valence-corrected chi connectivity index (χ2v) is 4.67. The van der Waals surface area contributed by atoms with Gasteiger partial charge in [0, 0.05) is 13.7 Å². The number of hydrogen-bond donors (Lipinski definition) is 5. The summed E-state index contributed by atoms with van der Waals surface area (Å²) in [6.07, 6.45) is -1.06. The van der Waals surface area contributed by atoms with Gasteiger partial charge in [-0.05, 0) is 31.2 Å². The zero-order valence-electron chi connectivity index (χ0n) is 12.7. The molecule has 5 N–H and O–H groups in total. The molecule has 22 heavy (non-hydrogen) atoms. The lowest BCUT2D eigenvalue weighted by Crippen LogP contribution is -2.50. The van der Waals surface area contributed by atoms with Gasteiger partial charge in [0.1, 0.15) is 30.9 Å². The highest BCUT2D eigenvalue weighted by molar-refractivity contribution is 5.73. The van der Waals surface area contributed by atoms with Crippen LogP contribution in [0.5, 0.6) is 11.5 Å². The minimum atomic E-state index is -0.736. The average Bonchev–Trinajstić information content (AvgIpc) is 2.50. The number of nitrogens with one attached hydrogen (secondary N) is 3. The second kappa shape index (κ2) is 9.82. The minimum Gasteiger partial charge on any atom is -0.508 e. The van der Waals surface area contributed by atoms with Crippen LogP contribution in [0.15, 0.2) is 24.3 Å². The monoisotopic (exact) mass is 313 g/mol. The Hall–Kier alpha value is -2.03. The zero-order chi connectivity index (χ0) is 16.4. The van der Waals surface area contributed by atoms with Gasteiger partial charge in [-0.3, -0.25) is 5.32 Å². The van der Waals surface area contributed by atoms with E-state index in [1.807, 2.05) is 0 Å². The summed E-state index contributed by atoms with van der Waals surface area (Å²) in [6.45, 7) is 2.23. The maximum Gasteiger partial charge on any atom is 0.317 e. The lowest BCUT2D eigenvalue weighted by atomic mass is 10.3. The van der Waals surface area contributed by atoms with Crippen LogP contribution in [0.3, 0.4) is 0 Å². The van der Waals surface area contributed by atoms with Crippen LogP contribution in [0.1, 0.15) is 6.92 Å². The average molecular weight is 313 g/mol. The molecular weight excluding hydrogens is 290 g/mol. The molecule has 0 aromatic heterocycles. The Labute approximate surface area is 129 Å². The molecule has 0 radical (unpaired) electrons. The minimum absolute atomic E-state index is 0.0976. The molecule has 0 aliphatic rings. The van der Waals surface area contributed by atoms with E-state index in [0.29, 0.717) is 5.75 Å². The summed E-state index contributed by atoms with van der Waals surface area (Å²) in [5, 5.41) is 27.0. The fraction of sp³-hybridized carbons (Fsp3) is 0.500. The fourth-order valence-electron chi connectivity index (χ4n) is 1.54. The molecule has 1 rings (SSSR count). The van der Waals surface area contributed by atoms with Crippen LogP contribution in [0.25, 0.3) is 0 Å². The molecule has 8 nitrogen and oxygen atoms in total. The van der Waals surface area contributed by atoms with Crippen molar-refractivity contribution in [1.29, 1.82) is 0 Å². The number of ether oxygens (including phenoxy) is 2.